The minimum absolute atomic E-state index is 0.0616. The van der Waals surface area contributed by atoms with Gasteiger partial charge in [0.1, 0.15) is 0 Å². The van der Waals surface area contributed by atoms with Gasteiger partial charge in [-0.2, -0.15) is 0 Å². The quantitative estimate of drug-likeness (QED) is 0.700. The first-order valence-corrected chi connectivity index (χ1v) is 5.61. The molecule has 0 aromatic carbocycles. The molecule has 0 aromatic heterocycles. The van der Waals surface area contributed by atoms with E-state index in [0.717, 1.165) is 19.3 Å². The molecule has 0 aliphatic heterocycles. The fourth-order valence-electron chi connectivity index (χ4n) is 0.648. The molecule has 0 saturated heterocycles. The standard InChI is InChI=1S/C6H11O.C2H3O.Er/c1-2-3-4-5-6-7;1-2-3;/h2-5H2,1H3;1H3;. The van der Waals surface area contributed by atoms with Gasteiger partial charge in [0.15, 0.2) is 0 Å². The van der Waals surface area contributed by atoms with Crippen molar-refractivity contribution in [1.29, 1.82) is 0 Å². The summed E-state index contributed by atoms with van der Waals surface area (Å²) in [6, 6.07) is 0. The van der Waals surface area contributed by atoms with Crippen LogP contribution in [0.4, 0.5) is 0 Å². The van der Waals surface area contributed by atoms with Crippen LogP contribution < -0.4 is 0 Å². The van der Waals surface area contributed by atoms with Gasteiger partial charge in [-0.05, 0) is 0 Å². The maximum absolute atomic E-state index is 10.9. The van der Waals surface area contributed by atoms with Gasteiger partial charge in [0, 0.05) is 0 Å². The fourth-order valence-corrected chi connectivity index (χ4v) is 1.93. The van der Waals surface area contributed by atoms with Gasteiger partial charge >= 0.3 is 86.4 Å². The van der Waals surface area contributed by atoms with Crippen LogP contribution in [-0.2, 0) is 9.59 Å². The number of unbranched alkanes of at least 4 members (excludes halogenated alkanes) is 2. The van der Waals surface area contributed by atoms with Crippen LogP contribution in [0.25, 0.3) is 0 Å². The zero-order valence-corrected chi connectivity index (χ0v) is 8.79. The topological polar surface area (TPSA) is 34.1 Å². The van der Waals surface area contributed by atoms with E-state index in [2.05, 4.69) is 6.92 Å². The third-order valence-corrected chi connectivity index (χ3v) is 2.77. The first-order valence-electron chi connectivity index (χ1n) is 3.76. The van der Waals surface area contributed by atoms with Crippen molar-refractivity contribution in [1.82, 2.24) is 0 Å². The van der Waals surface area contributed by atoms with Gasteiger partial charge in [-0.1, -0.05) is 0 Å². The third kappa shape index (κ3) is 8.49. The summed E-state index contributed by atoms with van der Waals surface area (Å²) in [4.78, 5) is 21.4. The predicted molar refractivity (Wildman–Crippen MR) is 39.8 cm³/mol. The Morgan fingerprint density at radius 3 is 2.36 bits per heavy atom. The molecule has 0 heterocycles. The van der Waals surface area contributed by atoms with E-state index < -0.39 is 33.4 Å². The van der Waals surface area contributed by atoms with Crippen molar-refractivity contribution in [3.63, 3.8) is 0 Å². The molecule has 0 bridgehead atoms. The number of carbonyl (C=O) groups excluding carboxylic acids is 2. The van der Waals surface area contributed by atoms with E-state index in [-0.39, 0.29) is 3.88 Å². The molecule has 0 fully saturated rings. The van der Waals surface area contributed by atoms with Gasteiger partial charge in [0.25, 0.3) is 0 Å². The number of carbonyl (C=O) groups is 2. The molecule has 0 spiro atoms. The van der Waals surface area contributed by atoms with Gasteiger partial charge in [0.2, 0.25) is 0 Å². The Balaban J connectivity index is 3.30. The molecule has 2 nitrogen and oxygen atoms in total. The Morgan fingerprint density at radius 1 is 1.27 bits per heavy atom. The molecule has 0 saturated carbocycles. The number of rotatable bonds is 6. The summed E-state index contributed by atoms with van der Waals surface area (Å²) in [6.45, 7) is 3.59. The summed E-state index contributed by atoms with van der Waals surface area (Å²) in [7, 11) is 0. The first-order chi connectivity index (χ1) is 5.16. The normalized spacial score (nSPS) is 10.0. The fraction of sp³-hybridized carbons (Fsp3) is 0.750. The molecule has 0 atom stereocenters. The molecule has 70 valence electrons. The second-order valence-electron chi connectivity index (χ2n) is 2.24. The van der Waals surface area contributed by atoms with Crippen molar-refractivity contribution in [2.45, 2.75) is 39.5 Å². The molecule has 0 radical (unpaired) electrons. The number of hydrogen-bond donors (Lipinski definition) is 0. The van der Waals surface area contributed by atoms with Crippen LogP contribution >= 0.6 is 0 Å². The molecular weight excluding hydrogens is 295 g/mol. The first kappa shape index (κ1) is 11.6. The molecular formula is C8H14ErO2. The Kier molecular flexibility index (Phi) is 7.63. The van der Waals surface area contributed by atoms with Crippen LogP contribution in [0.5, 0.6) is 0 Å². The Morgan fingerprint density at radius 2 is 1.91 bits per heavy atom. The molecule has 0 aromatic rings. The SMILES string of the molecule is CCCCC[C](=O)[Er][C](C)=O. The molecule has 3 heteroatoms. The van der Waals surface area contributed by atoms with Gasteiger partial charge in [-0.3, -0.25) is 0 Å². The van der Waals surface area contributed by atoms with Crippen molar-refractivity contribution in [3.8, 4) is 0 Å². The molecule has 0 aliphatic rings. The van der Waals surface area contributed by atoms with Crippen molar-refractivity contribution in [2.75, 3.05) is 0 Å². The van der Waals surface area contributed by atoms with E-state index >= 15 is 0 Å². The summed E-state index contributed by atoms with van der Waals surface area (Å²) >= 11 is -0.570. The average molecular weight is 309 g/mol. The summed E-state index contributed by atoms with van der Waals surface area (Å²) < 4.78 is 0.234. The Hall–Kier alpha value is 0.587. The molecule has 0 unspecified atom stereocenters. The summed E-state index contributed by atoms with van der Waals surface area (Å²) in [5, 5.41) is 0. The summed E-state index contributed by atoms with van der Waals surface area (Å²) in [6.07, 6.45) is 3.80. The van der Waals surface area contributed by atoms with Gasteiger partial charge in [-0.25, -0.2) is 0 Å². The van der Waals surface area contributed by atoms with Gasteiger partial charge < -0.3 is 0 Å². The molecule has 0 N–H and O–H groups in total. The van der Waals surface area contributed by atoms with E-state index in [1.807, 2.05) is 0 Å². The summed E-state index contributed by atoms with van der Waals surface area (Å²) in [5.74, 6) is 0. The van der Waals surface area contributed by atoms with Crippen molar-refractivity contribution >= 4 is 3.88 Å². The van der Waals surface area contributed by atoms with E-state index in [9.17, 15) is 9.59 Å². The minimum atomic E-state index is -0.570. The Labute approximate surface area is 85.8 Å². The predicted octanol–water partition coefficient (Wildman–Crippen LogP) is 1.72. The average Bonchev–Trinajstić information content (AvgIpc) is 1.86. The van der Waals surface area contributed by atoms with Crippen molar-refractivity contribution < 1.29 is 43.0 Å². The molecule has 0 amide bonds. The van der Waals surface area contributed by atoms with Crippen LogP contribution in [0.15, 0.2) is 0 Å². The van der Waals surface area contributed by atoms with E-state index in [4.69, 9.17) is 0 Å². The van der Waals surface area contributed by atoms with Gasteiger partial charge in [0.05, 0.1) is 0 Å². The Bertz CT molecular complexity index is 143. The second kappa shape index (κ2) is 7.25. The summed E-state index contributed by atoms with van der Waals surface area (Å²) in [5.41, 5.74) is 0. The zero-order chi connectivity index (χ0) is 8.69. The van der Waals surface area contributed by atoms with E-state index in [0.29, 0.717) is 6.42 Å². The van der Waals surface area contributed by atoms with E-state index in [1.54, 1.807) is 0 Å². The number of hydrogen-bond acceptors (Lipinski definition) is 2. The van der Waals surface area contributed by atoms with Crippen molar-refractivity contribution in [3.05, 3.63) is 0 Å². The molecule has 0 aliphatic carbocycles. The van der Waals surface area contributed by atoms with Crippen LogP contribution in [0.1, 0.15) is 39.5 Å². The second-order valence-corrected chi connectivity index (χ2v) is 5.04. The third-order valence-electron chi connectivity index (χ3n) is 1.14. The maximum atomic E-state index is 10.9. The van der Waals surface area contributed by atoms with Crippen LogP contribution in [0, 0.1) is 33.4 Å². The van der Waals surface area contributed by atoms with Gasteiger partial charge in [-0.15, -0.1) is 0 Å². The molecule has 11 heavy (non-hydrogen) atoms. The van der Waals surface area contributed by atoms with Crippen molar-refractivity contribution in [2.24, 2.45) is 0 Å². The van der Waals surface area contributed by atoms with Crippen LogP contribution in [-0.4, -0.2) is 3.88 Å². The van der Waals surface area contributed by atoms with Crippen LogP contribution in [0.2, 0.25) is 0 Å². The van der Waals surface area contributed by atoms with E-state index in [1.165, 1.54) is 6.92 Å². The monoisotopic (exact) mass is 308 g/mol. The molecule has 0 rings (SSSR count). The zero-order valence-electron chi connectivity index (χ0n) is 6.93. The van der Waals surface area contributed by atoms with Crippen LogP contribution in [0.3, 0.4) is 0 Å².